The van der Waals surface area contributed by atoms with Crippen LogP contribution in [0.4, 0.5) is 13.2 Å². The van der Waals surface area contributed by atoms with E-state index < -0.39 is 15.3 Å². The fourth-order valence-electron chi connectivity index (χ4n) is 2.96. The standard InChI is InChI=1S/C17H21F3O3S/c1-4-12-9-13-6-7-15(10-14(13)8-11(3)16(12)21)23-24(22,5-2)17(18,19)20/h5-7,10-12H,4,8-9H2,1-3H3/t11-,12+,24?/m1/s1. The predicted octanol–water partition coefficient (Wildman–Crippen LogP) is 3.94. The molecule has 1 aliphatic carbocycles. The van der Waals surface area contributed by atoms with Gasteiger partial charge in [0.2, 0.25) is 9.80 Å². The van der Waals surface area contributed by atoms with Gasteiger partial charge < -0.3 is 4.18 Å². The van der Waals surface area contributed by atoms with Crippen molar-refractivity contribution in [3.63, 3.8) is 0 Å². The fourth-order valence-corrected chi connectivity index (χ4v) is 3.81. The van der Waals surface area contributed by atoms with Crippen LogP contribution < -0.4 is 4.18 Å². The fraction of sp³-hybridized carbons (Fsp3) is 0.529. The molecule has 7 heteroatoms. The van der Waals surface area contributed by atoms with Gasteiger partial charge in [-0.25, -0.2) is 4.21 Å². The molecule has 1 aromatic carbocycles. The molecule has 0 saturated carbocycles. The Balaban J connectivity index is 2.38. The van der Waals surface area contributed by atoms with Crippen LogP contribution in [-0.4, -0.2) is 20.9 Å². The molecular weight excluding hydrogens is 341 g/mol. The SMILES string of the molecule is CC=S(=O)(Oc1ccc2c(c1)C[C@@H](C)C(=O)[C@@H](CC)C2)C(F)(F)F. The Morgan fingerprint density at radius 2 is 1.96 bits per heavy atom. The minimum atomic E-state index is -4.97. The summed E-state index contributed by atoms with van der Waals surface area (Å²) in [5, 5.41) is 0.540. The van der Waals surface area contributed by atoms with Gasteiger partial charge >= 0.3 is 5.51 Å². The average molecular weight is 362 g/mol. The summed E-state index contributed by atoms with van der Waals surface area (Å²) in [4.78, 5) is 12.3. The number of alkyl halides is 3. The van der Waals surface area contributed by atoms with Crippen LogP contribution in [0.2, 0.25) is 0 Å². The van der Waals surface area contributed by atoms with Crippen molar-refractivity contribution in [3.05, 3.63) is 29.3 Å². The van der Waals surface area contributed by atoms with Crippen LogP contribution in [0.15, 0.2) is 18.2 Å². The molecule has 2 rings (SSSR count). The number of hydrogen-bond donors (Lipinski definition) is 0. The second-order valence-electron chi connectivity index (χ2n) is 6.06. The molecule has 24 heavy (non-hydrogen) atoms. The maximum absolute atomic E-state index is 12.9. The van der Waals surface area contributed by atoms with Crippen molar-refractivity contribution in [1.82, 2.24) is 0 Å². The minimum Gasteiger partial charge on any atom is -0.402 e. The maximum Gasteiger partial charge on any atom is 0.497 e. The molecule has 1 aliphatic rings. The number of carbonyl (C=O) groups is 1. The number of halogens is 3. The zero-order valence-electron chi connectivity index (χ0n) is 13.9. The van der Waals surface area contributed by atoms with E-state index in [-0.39, 0.29) is 23.4 Å². The summed E-state index contributed by atoms with van der Waals surface area (Å²) in [5.41, 5.74) is -3.25. The summed E-state index contributed by atoms with van der Waals surface area (Å²) < 4.78 is 55.5. The van der Waals surface area contributed by atoms with Gasteiger partial charge in [-0.1, -0.05) is 19.9 Å². The number of rotatable bonds is 3. The second-order valence-corrected chi connectivity index (χ2v) is 8.25. The van der Waals surface area contributed by atoms with Gasteiger partial charge in [-0.3, -0.25) is 4.79 Å². The van der Waals surface area contributed by atoms with Crippen LogP contribution >= 0.6 is 0 Å². The van der Waals surface area contributed by atoms with E-state index in [1.807, 2.05) is 13.8 Å². The summed E-state index contributed by atoms with van der Waals surface area (Å²) in [6, 6.07) is 4.54. The number of fused-ring (bicyclic) bond motifs is 1. The summed E-state index contributed by atoms with van der Waals surface area (Å²) in [5.74, 6) is -0.187. The lowest BCUT2D eigenvalue weighted by molar-refractivity contribution is -0.126. The number of hydrogen-bond acceptors (Lipinski definition) is 3. The Bertz CT molecular complexity index is 746. The van der Waals surface area contributed by atoms with Gasteiger partial charge in [-0.05, 0) is 49.4 Å². The average Bonchev–Trinajstić information content (AvgIpc) is 2.63. The Labute approximate surface area is 140 Å². The molecule has 0 amide bonds. The molecule has 1 unspecified atom stereocenters. The van der Waals surface area contributed by atoms with E-state index in [0.29, 0.717) is 18.2 Å². The number of ketones is 1. The molecule has 0 aromatic heterocycles. The molecular formula is C17H21F3O3S. The van der Waals surface area contributed by atoms with Gasteiger partial charge in [0.15, 0.2) is 0 Å². The van der Waals surface area contributed by atoms with Gasteiger partial charge in [0.1, 0.15) is 11.5 Å². The molecule has 0 radical (unpaired) electrons. The van der Waals surface area contributed by atoms with Gasteiger partial charge in [0, 0.05) is 17.2 Å². The van der Waals surface area contributed by atoms with E-state index >= 15 is 0 Å². The molecule has 0 spiro atoms. The van der Waals surface area contributed by atoms with E-state index in [9.17, 15) is 22.2 Å². The van der Waals surface area contributed by atoms with Crippen molar-refractivity contribution < 1.29 is 26.4 Å². The van der Waals surface area contributed by atoms with E-state index in [1.54, 1.807) is 6.07 Å². The third-order valence-corrected chi connectivity index (χ3v) is 6.11. The first-order valence-corrected chi connectivity index (χ1v) is 9.40. The van der Waals surface area contributed by atoms with Crippen molar-refractivity contribution in [1.29, 1.82) is 0 Å². The number of benzene rings is 1. The smallest absolute Gasteiger partial charge is 0.402 e. The molecule has 134 valence electrons. The first kappa shape index (κ1) is 18.8. The van der Waals surface area contributed by atoms with Crippen molar-refractivity contribution in [3.8, 4) is 5.75 Å². The van der Waals surface area contributed by atoms with E-state index in [2.05, 4.69) is 0 Å². The highest BCUT2D eigenvalue weighted by atomic mass is 32.2. The molecule has 0 heterocycles. The highest BCUT2D eigenvalue weighted by molar-refractivity contribution is 7.98. The van der Waals surface area contributed by atoms with E-state index in [1.165, 1.54) is 12.1 Å². The van der Waals surface area contributed by atoms with Crippen LogP contribution in [0.5, 0.6) is 5.75 Å². The largest absolute Gasteiger partial charge is 0.497 e. The Morgan fingerprint density at radius 3 is 2.50 bits per heavy atom. The van der Waals surface area contributed by atoms with E-state index in [0.717, 1.165) is 24.5 Å². The van der Waals surface area contributed by atoms with E-state index in [4.69, 9.17) is 4.18 Å². The summed E-state index contributed by atoms with van der Waals surface area (Å²) in [6.07, 6.45) is 1.75. The Kier molecular flexibility index (Phi) is 5.32. The lowest BCUT2D eigenvalue weighted by Gasteiger charge is -2.17. The third kappa shape index (κ3) is 3.61. The predicted molar refractivity (Wildman–Crippen MR) is 88.4 cm³/mol. The molecule has 1 aromatic rings. The normalized spacial score (nSPS) is 23.8. The van der Waals surface area contributed by atoms with Crippen molar-refractivity contribution >= 4 is 21.0 Å². The third-order valence-electron chi connectivity index (χ3n) is 4.40. The van der Waals surface area contributed by atoms with Crippen molar-refractivity contribution in [2.45, 2.75) is 45.5 Å². The summed E-state index contributed by atoms with van der Waals surface area (Å²) in [6.45, 7) is 4.84. The topological polar surface area (TPSA) is 43.4 Å². The Morgan fingerprint density at radius 1 is 1.29 bits per heavy atom. The second kappa shape index (κ2) is 6.78. The lowest BCUT2D eigenvalue weighted by Crippen LogP contribution is -2.29. The summed E-state index contributed by atoms with van der Waals surface area (Å²) in [7, 11) is -4.56. The minimum absolute atomic E-state index is 0.0728. The zero-order valence-corrected chi connectivity index (χ0v) is 14.7. The molecule has 0 bridgehead atoms. The first-order valence-electron chi connectivity index (χ1n) is 7.86. The monoisotopic (exact) mass is 362 g/mol. The zero-order chi connectivity index (χ0) is 18.1. The van der Waals surface area contributed by atoms with Crippen LogP contribution in [0, 0.1) is 11.8 Å². The molecule has 0 saturated heterocycles. The maximum atomic E-state index is 12.9. The number of carbonyl (C=O) groups excluding carboxylic acids is 1. The molecule has 0 N–H and O–H groups in total. The lowest BCUT2D eigenvalue weighted by atomic mass is 9.90. The van der Waals surface area contributed by atoms with Gasteiger partial charge in [-0.2, -0.15) is 13.2 Å². The quantitative estimate of drug-likeness (QED) is 0.604. The summed E-state index contributed by atoms with van der Waals surface area (Å²) >= 11 is 0. The van der Waals surface area contributed by atoms with Crippen molar-refractivity contribution in [2.75, 3.05) is 0 Å². The highest BCUT2D eigenvalue weighted by Crippen LogP contribution is 2.32. The van der Waals surface area contributed by atoms with Crippen LogP contribution in [0.1, 0.15) is 38.3 Å². The Hall–Kier alpha value is -1.50. The highest BCUT2D eigenvalue weighted by Gasteiger charge is 2.43. The first-order chi connectivity index (χ1) is 11.1. The molecule has 3 nitrogen and oxygen atoms in total. The van der Waals surface area contributed by atoms with Crippen molar-refractivity contribution in [2.24, 2.45) is 11.8 Å². The van der Waals surface area contributed by atoms with Gasteiger partial charge in [0.05, 0.1) is 0 Å². The van der Waals surface area contributed by atoms with Gasteiger partial charge in [0.25, 0.3) is 0 Å². The van der Waals surface area contributed by atoms with Crippen LogP contribution in [0.25, 0.3) is 0 Å². The molecule has 3 atom stereocenters. The number of Topliss-reactive ketones (excluding diaryl/α,β-unsaturated/α-hetero) is 1. The van der Waals surface area contributed by atoms with Gasteiger partial charge in [-0.15, -0.1) is 0 Å². The molecule has 0 fully saturated rings. The molecule has 0 aliphatic heterocycles. The van der Waals surface area contributed by atoms with Crippen LogP contribution in [-0.2, 0) is 27.4 Å². The van der Waals surface area contributed by atoms with Crippen LogP contribution in [0.3, 0.4) is 0 Å².